The summed E-state index contributed by atoms with van der Waals surface area (Å²) in [5.41, 5.74) is 0. The predicted molar refractivity (Wildman–Crippen MR) is 63.5 cm³/mol. The van der Waals surface area contributed by atoms with Gasteiger partial charge in [0.1, 0.15) is 6.54 Å². The number of carbonyl (C=O) groups is 2. The van der Waals surface area contributed by atoms with Crippen molar-refractivity contribution in [3.63, 3.8) is 0 Å². The van der Waals surface area contributed by atoms with Crippen molar-refractivity contribution in [1.29, 1.82) is 0 Å². The van der Waals surface area contributed by atoms with Gasteiger partial charge in [-0.3, -0.25) is 9.59 Å². The topological polar surface area (TPSA) is 57.6 Å². The number of aliphatic carboxylic acids is 1. The Morgan fingerprint density at radius 2 is 1.94 bits per heavy atom. The highest BCUT2D eigenvalue weighted by molar-refractivity contribution is 5.81. The molecule has 0 radical (unpaired) electrons. The zero-order valence-electron chi connectivity index (χ0n) is 10.6. The number of alkyl halides is 1. The van der Waals surface area contributed by atoms with E-state index in [4.69, 9.17) is 5.11 Å². The Bertz CT molecular complexity index is 244. The van der Waals surface area contributed by atoms with Crippen molar-refractivity contribution < 1.29 is 19.1 Å². The summed E-state index contributed by atoms with van der Waals surface area (Å²) in [6.07, 6.45) is 2.37. The first-order valence-corrected chi connectivity index (χ1v) is 6.11. The quantitative estimate of drug-likeness (QED) is 0.636. The van der Waals surface area contributed by atoms with Crippen LogP contribution >= 0.6 is 0 Å². The molecule has 0 aromatic heterocycles. The summed E-state index contributed by atoms with van der Waals surface area (Å²) in [5, 5.41) is 8.60. The van der Waals surface area contributed by atoms with Crippen LogP contribution in [0.25, 0.3) is 0 Å². The summed E-state index contributed by atoms with van der Waals surface area (Å²) >= 11 is 0. The molecule has 0 aliphatic heterocycles. The van der Waals surface area contributed by atoms with Crippen LogP contribution in [0.5, 0.6) is 0 Å². The van der Waals surface area contributed by atoms with Crippen LogP contribution in [0.1, 0.15) is 46.0 Å². The minimum atomic E-state index is -0.994. The van der Waals surface area contributed by atoms with Crippen LogP contribution in [0.2, 0.25) is 0 Å². The number of hydrogen-bond acceptors (Lipinski definition) is 2. The molecule has 0 spiro atoms. The number of carboxylic acids is 1. The molecule has 0 saturated carbocycles. The molecule has 0 aromatic rings. The summed E-state index contributed by atoms with van der Waals surface area (Å²) in [4.78, 5) is 23.4. The molecule has 100 valence electrons. The second-order valence-corrected chi connectivity index (χ2v) is 4.18. The van der Waals surface area contributed by atoms with Crippen molar-refractivity contribution in [1.82, 2.24) is 4.90 Å². The Hall–Kier alpha value is -1.13. The van der Waals surface area contributed by atoms with E-state index in [1.54, 1.807) is 6.92 Å². The van der Waals surface area contributed by atoms with Gasteiger partial charge >= 0.3 is 5.97 Å². The zero-order valence-corrected chi connectivity index (χ0v) is 10.6. The monoisotopic (exact) mass is 247 g/mol. The molecule has 1 amide bonds. The van der Waals surface area contributed by atoms with Crippen LogP contribution in [0, 0.1) is 0 Å². The summed E-state index contributed by atoms with van der Waals surface area (Å²) in [6.45, 7) is 3.45. The molecular weight excluding hydrogens is 225 g/mol. The smallest absolute Gasteiger partial charge is 0.323 e. The lowest BCUT2D eigenvalue weighted by molar-refractivity contribution is -0.144. The highest BCUT2D eigenvalue weighted by Crippen LogP contribution is 2.08. The molecule has 4 nitrogen and oxygen atoms in total. The highest BCUT2D eigenvalue weighted by Gasteiger charge is 2.13. The van der Waals surface area contributed by atoms with E-state index in [9.17, 15) is 14.0 Å². The minimum Gasteiger partial charge on any atom is -0.480 e. The fraction of sp³-hybridized carbons (Fsp3) is 0.833. The highest BCUT2D eigenvalue weighted by atomic mass is 19.1. The van der Waals surface area contributed by atoms with E-state index in [0.717, 1.165) is 12.8 Å². The molecule has 0 bridgehead atoms. The Morgan fingerprint density at radius 3 is 2.41 bits per heavy atom. The first-order chi connectivity index (χ1) is 7.97. The van der Waals surface area contributed by atoms with Crippen LogP contribution in [0.3, 0.4) is 0 Å². The number of unbranched alkanes of at least 4 members (excludes halogenated alkanes) is 2. The number of nitrogens with zero attached hydrogens (tertiary/aromatic N) is 1. The van der Waals surface area contributed by atoms with Crippen LogP contribution in [-0.2, 0) is 9.59 Å². The molecule has 0 rings (SSSR count). The van der Waals surface area contributed by atoms with Gasteiger partial charge in [-0.05, 0) is 26.7 Å². The maximum absolute atomic E-state index is 12.5. The van der Waals surface area contributed by atoms with Gasteiger partial charge in [0.2, 0.25) is 5.91 Å². The van der Waals surface area contributed by atoms with Crippen LogP contribution in [-0.4, -0.2) is 41.1 Å². The average molecular weight is 247 g/mol. The molecule has 0 fully saturated rings. The van der Waals surface area contributed by atoms with Gasteiger partial charge in [-0.1, -0.05) is 12.8 Å². The third-order valence-electron chi connectivity index (χ3n) is 2.55. The third kappa shape index (κ3) is 8.65. The number of hydrogen-bond donors (Lipinski definition) is 1. The molecule has 5 heteroatoms. The molecule has 0 saturated heterocycles. The van der Waals surface area contributed by atoms with Gasteiger partial charge < -0.3 is 10.0 Å². The lowest BCUT2D eigenvalue weighted by Crippen LogP contribution is -2.35. The zero-order chi connectivity index (χ0) is 13.3. The van der Waals surface area contributed by atoms with E-state index < -0.39 is 12.1 Å². The molecule has 0 aliphatic rings. The van der Waals surface area contributed by atoms with E-state index in [2.05, 4.69) is 0 Å². The van der Waals surface area contributed by atoms with Crippen LogP contribution in [0.4, 0.5) is 4.39 Å². The van der Waals surface area contributed by atoms with Crippen molar-refractivity contribution in [2.75, 3.05) is 13.1 Å². The standard InChI is InChI=1S/C12H22FNO3/c1-3-14(9-12(16)17)11(15)8-6-4-5-7-10(2)13/h10H,3-9H2,1-2H3,(H,16,17). The van der Waals surface area contributed by atoms with Crippen molar-refractivity contribution >= 4 is 11.9 Å². The Balaban J connectivity index is 3.72. The Kier molecular flexibility index (Phi) is 8.36. The maximum Gasteiger partial charge on any atom is 0.323 e. The van der Waals surface area contributed by atoms with Crippen LogP contribution < -0.4 is 0 Å². The number of rotatable bonds is 9. The van der Waals surface area contributed by atoms with Gasteiger partial charge in [0, 0.05) is 13.0 Å². The van der Waals surface area contributed by atoms with E-state index in [1.165, 1.54) is 11.8 Å². The third-order valence-corrected chi connectivity index (χ3v) is 2.55. The lowest BCUT2D eigenvalue weighted by Gasteiger charge is -2.18. The van der Waals surface area contributed by atoms with Crippen molar-refractivity contribution in [3.8, 4) is 0 Å². The predicted octanol–water partition coefficient (Wildman–Crippen LogP) is 2.23. The van der Waals surface area contributed by atoms with Crippen molar-refractivity contribution in [3.05, 3.63) is 0 Å². The van der Waals surface area contributed by atoms with Gasteiger partial charge in [0.25, 0.3) is 0 Å². The number of likely N-dealkylation sites (N-methyl/N-ethyl adjacent to an activating group) is 1. The fourth-order valence-electron chi connectivity index (χ4n) is 1.58. The molecule has 0 heterocycles. The van der Waals surface area contributed by atoms with Gasteiger partial charge in [-0.15, -0.1) is 0 Å². The maximum atomic E-state index is 12.5. The lowest BCUT2D eigenvalue weighted by atomic mass is 10.1. The normalized spacial score (nSPS) is 12.2. The molecule has 1 N–H and O–H groups in total. The van der Waals surface area contributed by atoms with Gasteiger partial charge in [0.05, 0.1) is 6.17 Å². The summed E-state index contributed by atoms with van der Waals surface area (Å²) in [7, 11) is 0. The van der Waals surface area contributed by atoms with E-state index >= 15 is 0 Å². The molecular formula is C12H22FNO3. The first-order valence-electron chi connectivity index (χ1n) is 6.11. The minimum absolute atomic E-state index is 0.136. The molecule has 17 heavy (non-hydrogen) atoms. The Labute approximate surface area is 102 Å². The number of halogens is 1. The molecule has 0 aromatic carbocycles. The average Bonchev–Trinajstić information content (AvgIpc) is 2.24. The van der Waals surface area contributed by atoms with E-state index in [1.807, 2.05) is 0 Å². The summed E-state index contributed by atoms with van der Waals surface area (Å²) < 4.78 is 12.5. The Morgan fingerprint density at radius 1 is 1.29 bits per heavy atom. The fourth-order valence-corrected chi connectivity index (χ4v) is 1.58. The molecule has 0 aliphatic carbocycles. The molecule has 1 atom stereocenters. The SMILES string of the molecule is CCN(CC(=O)O)C(=O)CCCCCC(C)F. The summed E-state index contributed by atoms with van der Waals surface area (Å²) in [6, 6.07) is 0. The van der Waals surface area contributed by atoms with Gasteiger partial charge in [-0.25, -0.2) is 4.39 Å². The number of amides is 1. The van der Waals surface area contributed by atoms with Gasteiger partial charge in [-0.2, -0.15) is 0 Å². The first kappa shape index (κ1) is 15.9. The number of carboxylic acid groups (broad SMARTS) is 1. The van der Waals surface area contributed by atoms with Crippen LogP contribution in [0.15, 0.2) is 0 Å². The van der Waals surface area contributed by atoms with E-state index in [0.29, 0.717) is 25.8 Å². The second kappa shape index (κ2) is 8.96. The van der Waals surface area contributed by atoms with Gasteiger partial charge in [0.15, 0.2) is 0 Å². The van der Waals surface area contributed by atoms with Crippen molar-refractivity contribution in [2.24, 2.45) is 0 Å². The summed E-state index contributed by atoms with van der Waals surface area (Å²) in [5.74, 6) is -1.13. The van der Waals surface area contributed by atoms with E-state index in [-0.39, 0.29) is 12.5 Å². The second-order valence-electron chi connectivity index (χ2n) is 4.18. The molecule has 1 unspecified atom stereocenters. The largest absolute Gasteiger partial charge is 0.480 e. The van der Waals surface area contributed by atoms with Crippen molar-refractivity contribution in [2.45, 2.75) is 52.1 Å². The number of carbonyl (C=O) groups excluding carboxylic acids is 1.